The molecule has 122 valence electrons. The topological polar surface area (TPSA) is 26.3 Å². The highest BCUT2D eigenvalue weighted by Gasteiger charge is 3.12. The predicted molar refractivity (Wildman–Crippen MR) is 43.0 cm³/mol. The molecular weight excluding hydrogens is 330 g/mol. The monoisotopic (exact) mass is 334 g/mol. The summed E-state index contributed by atoms with van der Waals surface area (Å²) in [5.74, 6) is -33.1. The Labute approximate surface area is 109 Å². The smallest absolute Gasteiger partial charge is 0.359 e. The first-order chi connectivity index (χ1) is 9.10. The van der Waals surface area contributed by atoms with E-state index in [9.17, 15) is 48.7 Å². The number of methoxy groups -OCH3 is 1. The van der Waals surface area contributed by atoms with Gasteiger partial charge in [-0.2, -0.15) is 26.3 Å². The summed E-state index contributed by atoms with van der Waals surface area (Å²) in [7, 11) is 0.229. The lowest BCUT2D eigenvalue weighted by atomic mass is 9.77. The van der Waals surface area contributed by atoms with Crippen LogP contribution in [0.4, 0.5) is 43.9 Å². The molecule has 0 spiro atoms. The van der Waals surface area contributed by atoms with Gasteiger partial charge >= 0.3 is 35.3 Å². The average Bonchev–Trinajstić information content (AvgIpc) is 2.46. The van der Waals surface area contributed by atoms with Crippen LogP contribution < -0.4 is 0 Å². The van der Waals surface area contributed by atoms with Crippen molar-refractivity contribution >= 4 is 5.97 Å². The van der Waals surface area contributed by atoms with Gasteiger partial charge in [0.2, 0.25) is 0 Å². The standard InChI is InChI=1S/C9H4F10O2/c1-21-3(20)2-4(10)7(14,15)6(13,5(2,11)12)9(18,19)8(4,16)17/h2H,1H3. The molecule has 2 fully saturated rings. The van der Waals surface area contributed by atoms with Gasteiger partial charge in [0, 0.05) is 0 Å². The molecule has 3 unspecified atom stereocenters. The molecule has 0 heterocycles. The zero-order chi connectivity index (χ0) is 16.9. The third-order valence-electron chi connectivity index (χ3n) is 3.83. The Kier molecular flexibility index (Phi) is 2.61. The Morgan fingerprint density at radius 2 is 1.24 bits per heavy atom. The first-order valence-electron chi connectivity index (χ1n) is 5.07. The number of alkyl halides is 10. The summed E-state index contributed by atoms with van der Waals surface area (Å²) in [5.41, 5.74) is -12.7. The summed E-state index contributed by atoms with van der Waals surface area (Å²) in [6.45, 7) is 0. The van der Waals surface area contributed by atoms with E-state index < -0.39 is 46.9 Å². The van der Waals surface area contributed by atoms with Crippen LogP contribution in [0.5, 0.6) is 0 Å². The van der Waals surface area contributed by atoms with Crippen molar-refractivity contribution in [1.82, 2.24) is 0 Å². The molecule has 0 aromatic carbocycles. The Bertz CT molecular complexity index is 517. The van der Waals surface area contributed by atoms with Crippen molar-refractivity contribution in [3.8, 4) is 0 Å². The van der Waals surface area contributed by atoms with Gasteiger partial charge in [-0.1, -0.05) is 0 Å². The summed E-state index contributed by atoms with van der Waals surface area (Å²) < 4.78 is 138. The third kappa shape index (κ3) is 1.05. The molecule has 0 aromatic rings. The summed E-state index contributed by atoms with van der Waals surface area (Å²) >= 11 is 0. The number of rotatable bonds is 1. The lowest BCUT2D eigenvalue weighted by Gasteiger charge is -2.41. The molecule has 2 bridgehead atoms. The minimum Gasteiger partial charge on any atom is -0.469 e. The van der Waals surface area contributed by atoms with Crippen molar-refractivity contribution in [3.05, 3.63) is 0 Å². The van der Waals surface area contributed by atoms with E-state index in [4.69, 9.17) is 0 Å². The number of ether oxygens (including phenoxy) is 1. The maximum absolute atomic E-state index is 14.0. The van der Waals surface area contributed by atoms with E-state index in [1.54, 1.807) is 0 Å². The number of fused-ring (bicyclic) bond motifs is 2. The first kappa shape index (κ1) is 16.1. The average molecular weight is 334 g/mol. The van der Waals surface area contributed by atoms with E-state index in [0.29, 0.717) is 0 Å². The SMILES string of the molecule is COC(=O)C1C(F)(F)C2(F)C(F)(F)C(F)(F)C1(F)C2(F)F. The highest BCUT2D eigenvalue weighted by molar-refractivity contribution is 5.79. The van der Waals surface area contributed by atoms with Gasteiger partial charge in [-0.25, -0.2) is 17.6 Å². The van der Waals surface area contributed by atoms with Crippen molar-refractivity contribution < 1.29 is 53.4 Å². The molecule has 0 saturated heterocycles. The Morgan fingerprint density at radius 1 is 0.810 bits per heavy atom. The highest BCUT2D eigenvalue weighted by Crippen LogP contribution is 2.81. The van der Waals surface area contributed by atoms with Gasteiger partial charge in [-0.05, 0) is 0 Å². The van der Waals surface area contributed by atoms with Gasteiger partial charge < -0.3 is 4.74 Å². The Hall–Kier alpha value is -1.23. The number of carbonyl (C=O) groups excluding carboxylic acids is 1. The molecule has 3 atom stereocenters. The van der Waals surface area contributed by atoms with E-state index in [1.165, 1.54) is 0 Å². The fraction of sp³-hybridized carbons (Fsp3) is 0.889. The van der Waals surface area contributed by atoms with Gasteiger partial charge in [0.25, 0.3) is 5.67 Å². The molecule has 2 aliphatic carbocycles. The third-order valence-corrected chi connectivity index (χ3v) is 3.83. The maximum atomic E-state index is 14.0. The molecule has 21 heavy (non-hydrogen) atoms. The summed E-state index contributed by atoms with van der Waals surface area (Å²) in [5, 5.41) is 0. The second kappa shape index (κ2) is 3.40. The number of hydrogen-bond acceptors (Lipinski definition) is 2. The fourth-order valence-corrected chi connectivity index (χ4v) is 2.75. The molecule has 0 aliphatic heterocycles. The minimum atomic E-state index is -6.74. The second-order valence-corrected chi connectivity index (χ2v) is 4.67. The molecule has 0 amide bonds. The lowest BCUT2D eigenvalue weighted by molar-refractivity contribution is -0.349. The normalized spacial score (nSPS) is 44.6. The molecule has 2 rings (SSSR count). The highest BCUT2D eigenvalue weighted by atomic mass is 19.3. The van der Waals surface area contributed by atoms with Crippen molar-refractivity contribution in [2.24, 2.45) is 5.92 Å². The van der Waals surface area contributed by atoms with Gasteiger partial charge in [-0.3, -0.25) is 4.79 Å². The van der Waals surface area contributed by atoms with Crippen LogP contribution in [-0.2, 0) is 9.53 Å². The Morgan fingerprint density at radius 3 is 1.57 bits per heavy atom. The van der Waals surface area contributed by atoms with E-state index in [2.05, 4.69) is 4.74 Å². The predicted octanol–water partition coefficient (Wildman–Crippen LogP) is 2.76. The summed E-state index contributed by atoms with van der Waals surface area (Å²) in [6, 6.07) is 0. The number of esters is 1. The van der Waals surface area contributed by atoms with Crippen molar-refractivity contribution in [2.45, 2.75) is 35.0 Å². The largest absolute Gasteiger partial charge is 0.469 e. The van der Waals surface area contributed by atoms with Crippen molar-refractivity contribution in [2.75, 3.05) is 7.11 Å². The lowest BCUT2D eigenvalue weighted by Crippen LogP contribution is -2.70. The van der Waals surface area contributed by atoms with E-state index in [1.807, 2.05) is 0 Å². The van der Waals surface area contributed by atoms with Crippen LogP contribution in [0, 0.1) is 5.92 Å². The minimum absolute atomic E-state index is 0.229. The molecule has 12 heteroatoms. The maximum Gasteiger partial charge on any atom is 0.359 e. The van der Waals surface area contributed by atoms with Crippen LogP contribution in [0.2, 0.25) is 0 Å². The van der Waals surface area contributed by atoms with Crippen LogP contribution in [0.1, 0.15) is 0 Å². The van der Waals surface area contributed by atoms with Crippen LogP contribution in [-0.4, -0.2) is 48.1 Å². The van der Waals surface area contributed by atoms with Crippen LogP contribution in [0.25, 0.3) is 0 Å². The van der Waals surface area contributed by atoms with Crippen LogP contribution in [0.15, 0.2) is 0 Å². The van der Waals surface area contributed by atoms with Gasteiger partial charge in [0.15, 0.2) is 5.92 Å². The number of carbonyl (C=O) groups is 1. The molecule has 2 nitrogen and oxygen atoms in total. The van der Waals surface area contributed by atoms with Crippen molar-refractivity contribution in [3.63, 3.8) is 0 Å². The zero-order valence-corrected chi connectivity index (χ0v) is 9.67. The molecule has 2 aliphatic rings. The molecule has 0 aromatic heterocycles. The number of halogens is 10. The molecule has 0 radical (unpaired) electrons. The quantitative estimate of drug-likeness (QED) is 0.545. The van der Waals surface area contributed by atoms with Crippen LogP contribution in [0.3, 0.4) is 0 Å². The molecule has 2 saturated carbocycles. The summed E-state index contributed by atoms with van der Waals surface area (Å²) in [4.78, 5) is 10.9. The molecule has 0 N–H and O–H groups in total. The van der Waals surface area contributed by atoms with E-state index in [-0.39, 0.29) is 7.11 Å². The first-order valence-corrected chi connectivity index (χ1v) is 5.07. The van der Waals surface area contributed by atoms with Gasteiger partial charge in [-0.15, -0.1) is 0 Å². The van der Waals surface area contributed by atoms with Gasteiger partial charge in [0.1, 0.15) is 0 Å². The summed E-state index contributed by atoms with van der Waals surface area (Å²) in [6.07, 6.45) is 0. The molecular formula is C9H4F10O2. The second-order valence-electron chi connectivity index (χ2n) is 4.67. The van der Waals surface area contributed by atoms with Crippen molar-refractivity contribution in [1.29, 1.82) is 0 Å². The fourth-order valence-electron chi connectivity index (χ4n) is 2.75. The van der Waals surface area contributed by atoms with E-state index >= 15 is 0 Å². The zero-order valence-electron chi connectivity index (χ0n) is 9.67. The van der Waals surface area contributed by atoms with Crippen LogP contribution >= 0.6 is 0 Å². The van der Waals surface area contributed by atoms with E-state index in [0.717, 1.165) is 0 Å². The Balaban J connectivity index is 2.91. The van der Waals surface area contributed by atoms with Gasteiger partial charge in [0.05, 0.1) is 7.11 Å². The number of hydrogen-bond donors (Lipinski definition) is 0.